The van der Waals surface area contributed by atoms with Crippen molar-refractivity contribution >= 4 is 5.69 Å². The van der Waals surface area contributed by atoms with E-state index in [0.29, 0.717) is 12.1 Å². The lowest BCUT2D eigenvalue weighted by molar-refractivity contribution is 0.446. The molecular weight excluding hydrogens is 230 g/mol. The van der Waals surface area contributed by atoms with Crippen LogP contribution in [0.4, 0.5) is 5.69 Å². The second-order valence-electron chi connectivity index (χ2n) is 4.17. The van der Waals surface area contributed by atoms with Gasteiger partial charge in [0.15, 0.2) is 0 Å². The van der Waals surface area contributed by atoms with Gasteiger partial charge in [-0.3, -0.25) is 0 Å². The van der Waals surface area contributed by atoms with Gasteiger partial charge in [-0.05, 0) is 42.8 Å². The van der Waals surface area contributed by atoms with E-state index < -0.39 is 0 Å². The van der Waals surface area contributed by atoms with Gasteiger partial charge in [0, 0.05) is 23.9 Å². The Morgan fingerprint density at radius 2 is 1.72 bits per heavy atom. The number of phenolic OH excluding ortho intramolecular Hbond substituents is 3. The molecule has 0 fully saturated rings. The van der Waals surface area contributed by atoms with Crippen LogP contribution in [0, 0.1) is 6.92 Å². The van der Waals surface area contributed by atoms with E-state index in [9.17, 15) is 15.3 Å². The highest BCUT2D eigenvalue weighted by Crippen LogP contribution is 2.24. The van der Waals surface area contributed by atoms with Crippen molar-refractivity contribution in [2.45, 2.75) is 13.5 Å². The third-order valence-electron chi connectivity index (χ3n) is 2.75. The van der Waals surface area contributed by atoms with Gasteiger partial charge >= 0.3 is 0 Å². The SMILES string of the molecule is Cc1cc(NCc2ccc(O)cc2O)ccc1O. The lowest BCUT2D eigenvalue weighted by Gasteiger charge is -2.09. The first-order chi connectivity index (χ1) is 8.56. The Morgan fingerprint density at radius 3 is 2.39 bits per heavy atom. The van der Waals surface area contributed by atoms with Gasteiger partial charge in [0.25, 0.3) is 0 Å². The lowest BCUT2D eigenvalue weighted by atomic mass is 10.1. The van der Waals surface area contributed by atoms with Crippen LogP contribution in [0.3, 0.4) is 0 Å². The summed E-state index contributed by atoms with van der Waals surface area (Å²) in [6.45, 7) is 2.26. The predicted molar refractivity (Wildman–Crippen MR) is 69.9 cm³/mol. The Hall–Kier alpha value is -2.36. The summed E-state index contributed by atoms with van der Waals surface area (Å²) in [5.74, 6) is 0.350. The molecule has 0 aliphatic carbocycles. The Kier molecular flexibility index (Phi) is 3.28. The number of anilines is 1. The van der Waals surface area contributed by atoms with Crippen molar-refractivity contribution in [2.75, 3.05) is 5.32 Å². The Balaban J connectivity index is 2.09. The first kappa shape index (κ1) is 12.1. The zero-order chi connectivity index (χ0) is 13.1. The summed E-state index contributed by atoms with van der Waals surface area (Å²) < 4.78 is 0. The number of hydrogen-bond donors (Lipinski definition) is 4. The van der Waals surface area contributed by atoms with Gasteiger partial charge in [-0.2, -0.15) is 0 Å². The van der Waals surface area contributed by atoms with Gasteiger partial charge in [-0.1, -0.05) is 0 Å². The molecule has 94 valence electrons. The highest BCUT2D eigenvalue weighted by molar-refractivity contribution is 5.51. The topological polar surface area (TPSA) is 72.7 Å². The normalized spacial score (nSPS) is 10.3. The Morgan fingerprint density at radius 1 is 0.944 bits per heavy atom. The van der Waals surface area contributed by atoms with Gasteiger partial charge in [0.05, 0.1) is 0 Å². The van der Waals surface area contributed by atoms with Crippen LogP contribution in [0.25, 0.3) is 0 Å². The van der Waals surface area contributed by atoms with Crippen molar-refractivity contribution in [2.24, 2.45) is 0 Å². The molecule has 2 aromatic carbocycles. The van der Waals surface area contributed by atoms with Crippen molar-refractivity contribution in [1.29, 1.82) is 0 Å². The van der Waals surface area contributed by atoms with Crippen LogP contribution in [0.15, 0.2) is 36.4 Å². The average molecular weight is 245 g/mol. The maximum atomic E-state index is 9.63. The van der Waals surface area contributed by atoms with Crippen LogP contribution >= 0.6 is 0 Å². The molecule has 0 aliphatic heterocycles. The van der Waals surface area contributed by atoms with Gasteiger partial charge in [0.1, 0.15) is 17.2 Å². The number of phenols is 3. The molecule has 0 atom stereocenters. The van der Waals surface area contributed by atoms with Gasteiger partial charge < -0.3 is 20.6 Å². The highest BCUT2D eigenvalue weighted by atomic mass is 16.3. The molecule has 0 aliphatic rings. The van der Waals surface area contributed by atoms with Crippen LogP contribution < -0.4 is 5.32 Å². The second-order valence-corrected chi connectivity index (χ2v) is 4.17. The fraction of sp³-hybridized carbons (Fsp3) is 0.143. The van der Waals surface area contributed by atoms with Crippen molar-refractivity contribution < 1.29 is 15.3 Å². The van der Waals surface area contributed by atoms with Gasteiger partial charge in [0.2, 0.25) is 0 Å². The largest absolute Gasteiger partial charge is 0.508 e. The van der Waals surface area contributed by atoms with Crippen LogP contribution in [-0.2, 0) is 6.54 Å². The van der Waals surface area contributed by atoms with Crippen molar-refractivity contribution in [3.05, 3.63) is 47.5 Å². The zero-order valence-electron chi connectivity index (χ0n) is 10.0. The number of aromatic hydroxyl groups is 3. The predicted octanol–water partition coefficient (Wildman–Crippen LogP) is 2.72. The van der Waals surface area contributed by atoms with E-state index in [4.69, 9.17) is 0 Å². The standard InChI is InChI=1S/C14H15NO3/c1-9-6-11(3-5-13(9)17)15-8-10-2-4-12(16)7-14(10)18/h2-7,15-18H,8H2,1H3. The number of rotatable bonds is 3. The maximum absolute atomic E-state index is 9.63. The quantitative estimate of drug-likeness (QED) is 0.627. The van der Waals surface area contributed by atoms with Crippen LogP contribution in [-0.4, -0.2) is 15.3 Å². The van der Waals surface area contributed by atoms with E-state index in [-0.39, 0.29) is 17.2 Å². The van der Waals surface area contributed by atoms with Crippen molar-refractivity contribution in [3.63, 3.8) is 0 Å². The molecule has 0 spiro atoms. The lowest BCUT2D eigenvalue weighted by Crippen LogP contribution is -1.99. The minimum atomic E-state index is 0.0386. The number of nitrogens with one attached hydrogen (secondary N) is 1. The minimum absolute atomic E-state index is 0.0386. The Labute approximate surface area is 105 Å². The molecule has 2 aromatic rings. The summed E-state index contributed by atoms with van der Waals surface area (Å²) in [4.78, 5) is 0. The molecule has 4 nitrogen and oxygen atoms in total. The zero-order valence-corrected chi connectivity index (χ0v) is 10.0. The van der Waals surface area contributed by atoms with Crippen molar-refractivity contribution in [3.8, 4) is 17.2 Å². The summed E-state index contributed by atoms with van der Waals surface area (Å²) in [5, 5.41) is 31.4. The summed E-state index contributed by atoms with van der Waals surface area (Å²) >= 11 is 0. The average Bonchev–Trinajstić information content (AvgIpc) is 2.32. The molecule has 4 heteroatoms. The Bertz CT molecular complexity index is 567. The molecule has 0 aromatic heterocycles. The van der Waals surface area contributed by atoms with Crippen LogP contribution in [0.1, 0.15) is 11.1 Å². The molecule has 0 heterocycles. The third kappa shape index (κ3) is 2.66. The van der Waals surface area contributed by atoms with E-state index in [2.05, 4.69) is 5.32 Å². The van der Waals surface area contributed by atoms with E-state index >= 15 is 0 Å². The summed E-state index contributed by atoms with van der Waals surface area (Å²) in [6, 6.07) is 9.70. The highest BCUT2D eigenvalue weighted by Gasteiger charge is 2.03. The molecular formula is C14H15NO3. The van der Waals surface area contributed by atoms with E-state index in [1.165, 1.54) is 12.1 Å². The first-order valence-electron chi connectivity index (χ1n) is 5.60. The van der Waals surface area contributed by atoms with Gasteiger partial charge in [-0.25, -0.2) is 0 Å². The molecule has 0 amide bonds. The fourth-order valence-electron chi connectivity index (χ4n) is 1.66. The number of aryl methyl sites for hydroxylation is 1. The van der Waals surface area contributed by atoms with Gasteiger partial charge in [-0.15, -0.1) is 0 Å². The first-order valence-corrected chi connectivity index (χ1v) is 5.60. The smallest absolute Gasteiger partial charge is 0.124 e. The van der Waals surface area contributed by atoms with Crippen molar-refractivity contribution in [1.82, 2.24) is 0 Å². The molecule has 2 rings (SSSR count). The maximum Gasteiger partial charge on any atom is 0.124 e. The molecule has 4 N–H and O–H groups in total. The molecule has 0 unspecified atom stereocenters. The number of hydrogen-bond acceptors (Lipinski definition) is 4. The second kappa shape index (κ2) is 4.87. The summed E-state index contributed by atoms with van der Waals surface area (Å²) in [7, 11) is 0. The third-order valence-corrected chi connectivity index (χ3v) is 2.75. The molecule has 0 bridgehead atoms. The fourth-order valence-corrected chi connectivity index (χ4v) is 1.66. The number of benzene rings is 2. The monoisotopic (exact) mass is 245 g/mol. The van der Waals surface area contributed by atoms with Crippen LogP contribution in [0.5, 0.6) is 17.2 Å². The van der Waals surface area contributed by atoms with Crippen LogP contribution in [0.2, 0.25) is 0 Å². The minimum Gasteiger partial charge on any atom is -0.508 e. The van der Waals surface area contributed by atoms with E-state index in [1.807, 2.05) is 13.0 Å². The van der Waals surface area contributed by atoms with E-state index in [0.717, 1.165) is 11.3 Å². The summed E-state index contributed by atoms with van der Waals surface area (Å²) in [6.07, 6.45) is 0. The summed E-state index contributed by atoms with van der Waals surface area (Å²) in [5.41, 5.74) is 2.34. The molecule has 0 radical (unpaired) electrons. The molecule has 0 saturated carbocycles. The molecule has 0 saturated heterocycles. The molecule has 18 heavy (non-hydrogen) atoms. The van der Waals surface area contributed by atoms with E-state index in [1.54, 1.807) is 18.2 Å².